The number of carboxylic acids is 1. The van der Waals surface area contributed by atoms with E-state index in [0.717, 1.165) is 0 Å². The van der Waals surface area contributed by atoms with Crippen molar-refractivity contribution in [2.75, 3.05) is 14.2 Å². The van der Waals surface area contributed by atoms with Crippen LogP contribution in [0.4, 0.5) is 0 Å². The van der Waals surface area contributed by atoms with Crippen molar-refractivity contribution in [3.63, 3.8) is 0 Å². The third-order valence-electron chi connectivity index (χ3n) is 2.05. The maximum absolute atomic E-state index is 11.5. The van der Waals surface area contributed by atoms with Gasteiger partial charge in [0.1, 0.15) is 5.75 Å². The molecule has 1 aromatic rings. The molecule has 1 aromatic carbocycles. The quantitative estimate of drug-likeness (QED) is 0.599. The summed E-state index contributed by atoms with van der Waals surface area (Å²) in [4.78, 5) is 22.2. The smallest absolute Gasteiger partial charge is 0.377 e. The van der Waals surface area contributed by atoms with Crippen LogP contribution in [0.3, 0.4) is 0 Å². The van der Waals surface area contributed by atoms with Gasteiger partial charge in [0, 0.05) is 7.11 Å². The zero-order valence-electron chi connectivity index (χ0n) is 9.02. The zero-order chi connectivity index (χ0) is 12.1. The van der Waals surface area contributed by atoms with E-state index in [-0.39, 0.29) is 17.9 Å². The van der Waals surface area contributed by atoms with Crippen LogP contribution in [0.25, 0.3) is 0 Å². The van der Waals surface area contributed by atoms with E-state index < -0.39 is 11.8 Å². The Morgan fingerprint density at radius 3 is 2.50 bits per heavy atom. The lowest BCUT2D eigenvalue weighted by Gasteiger charge is -2.10. The molecule has 0 radical (unpaired) electrons. The molecule has 0 aliphatic heterocycles. The normalized spacial score (nSPS) is 9.88. The summed E-state index contributed by atoms with van der Waals surface area (Å²) in [6.07, 6.45) is 0. The van der Waals surface area contributed by atoms with Crippen molar-refractivity contribution in [3.8, 4) is 5.75 Å². The molecule has 0 atom stereocenters. The summed E-state index contributed by atoms with van der Waals surface area (Å²) in [5.74, 6) is -2.27. The monoisotopic (exact) mass is 224 g/mol. The molecule has 1 N–H and O–H groups in total. The van der Waals surface area contributed by atoms with Gasteiger partial charge in [0.2, 0.25) is 0 Å². The average Bonchev–Trinajstić information content (AvgIpc) is 2.28. The molecule has 0 bridgehead atoms. The summed E-state index contributed by atoms with van der Waals surface area (Å²) in [7, 11) is 2.85. The molecule has 0 fully saturated rings. The van der Waals surface area contributed by atoms with Gasteiger partial charge in [-0.2, -0.15) is 0 Å². The van der Waals surface area contributed by atoms with Crippen LogP contribution in [0.5, 0.6) is 5.75 Å². The van der Waals surface area contributed by atoms with Crippen LogP contribution in [0, 0.1) is 0 Å². The molecule has 0 unspecified atom stereocenters. The summed E-state index contributed by atoms with van der Waals surface area (Å²) in [6, 6.07) is 4.84. The van der Waals surface area contributed by atoms with Crippen molar-refractivity contribution in [2.45, 2.75) is 6.61 Å². The number of hydrogen-bond donors (Lipinski definition) is 1. The van der Waals surface area contributed by atoms with Gasteiger partial charge < -0.3 is 14.6 Å². The molecule has 0 aromatic heterocycles. The zero-order valence-corrected chi connectivity index (χ0v) is 9.02. The van der Waals surface area contributed by atoms with Crippen molar-refractivity contribution in [1.29, 1.82) is 0 Å². The van der Waals surface area contributed by atoms with Gasteiger partial charge >= 0.3 is 5.97 Å². The first-order valence-electron chi connectivity index (χ1n) is 4.54. The van der Waals surface area contributed by atoms with Gasteiger partial charge in [-0.1, -0.05) is 12.1 Å². The lowest BCUT2D eigenvalue weighted by molar-refractivity contribution is -0.131. The SMILES string of the molecule is COCc1cccc(OC)c1C(=O)C(=O)O. The Bertz CT molecular complexity index is 411. The Labute approximate surface area is 92.6 Å². The Balaban J connectivity index is 3.29. The summed E-state index contributed by atoms with van der Waals surface area (Å²) < 4.78 is 9.86. The Morgan fingerprint density at radius 2 is 2.00 bits per heavy atom. The molecule has 0 aliphatic rings. The van der Waals surface area contributed by atoms with E-state index >= 15 is 0 Å². The van der Waals surface area contributed by atoms with Gasteiger partial charge in [0.05, 0.1) is 19.3 Å². The molecule has 0 aliphatic carbocycles. The van der Waals surface area contributed by atoms with Crippen molar-refractivity contribution in [2.24, 2.45) is 0 Å². The molecule has 0 spiro atoms. The Hall–Kier alpha value is -1.88. The van der Waals surface area contributed by atoms with E-state index in [4.69, 9.17) is 14.6 Å². The summed E-state index contributed by atoms with van der Waals surface area (Å²) in [5.41, 5.74) is 0.536. The molecular formula is C11H12O5. The topological polar surface area (TPSA) is 72.8 Å². The number of ketones is 1. The number of ether oxygens (including phenoxy) is 2. The van der Waals surface area contributed by atoms with Crippen LogP contribution >= 0.6 is 0 Å². The Kier molecular flexibility index (Phi) is 4.02. The lowest BCUT2D eigenvalue weighted by Crippen LogP contribution is -2.16. The fraction of sp³-hybridized carbons (Fsp3) is 0.273. The Morgan fingerprint density at radius 1 is 1.31 bits per heavy atom. The van der Waals surface area contributed by atoms with E-state index in [2.05, 4.69) is 0 Å². The molecule has 86 valence electrons. The maximum Gasteiger partial charge on any atom is 0.377 e. The fourth-order valence-electron chi connectivity index (χ4n) is 1.39. The highest BCUT2D eigenvalue weighted by atomic mass is 16.5. The highest BCUT2D eigenvalue weighted by Gasteiger charge is 2.22. The molecule has 0 amide bonds. The third-order valence-corrected chi connectivity index (χ3v) is 2.05. The first kappa shape index (κ1) is 12.2. The molecule has 16 heavy (non-hydrogen) atoms. The second kappa shape index (κ2) is 5.27. The van der Waals surface area contributed by atoms with Crippen LogP contribution in [-0.2, 0) is 16.1 Å². The number of methoxy groups -OCH3 is 2. The number of Topliss-reactive ketones (excluding diaryl/α,β-unsaturated/α-hetero) is 1. The van der Waals surface area contributed by atoms with E-state index in [1.165, 1.54) is 20.3 Å². The second-order valence-electron chi connectivity index (χ2n) is 3.06. The van der Waals surface area contributed by atoms with Crippen molar-refractivity contribution < 1.29 is 24.2 Å². The molecule has 0 heterocycles. The third kappa shape index (κ3) is 2.38. The first-order chi connectivity index (χ1) is 7.61. The summed E-state index contributed by atoms with van der Waals surface area (Å²) in [6.45, 7) is 0.158. The number of carbonyl (C=O) groups is 2. The van der Waals surface area contributed by atoms with Gasteiger partial charge in [-0.15, -0.1) is 0 Å². The van der Waals surface area contributed by atoms with E-state index in [9.17, 15) is 9.59 Å². The van der Waals surface area contributed by atoms with Gasteiger partial charge in [-0.3, -0.25) is 4.79 Å². The minimum Gasteiger partial charge on any atom is -0.496 e. The largest absolute Gasteiger partial charge is 0.496 e. The number of carbonyl (C=O) groups excluding carboxylic acids is 1. The van der Waals surface area contributed by atoms with Gasteiger partial charge in [0.25, 0.3) is 5.78 Å². The summed E-state index contributed by atoms with van der Waals surface area (Å²) in [5, 5.41) is 8.70. The highest BCUT2D eigenvalue weighted by Crippen LogP contribution is 2.23. The van der Waals surface area contributed by atoms with E-state index in [0.29, 0.717) is 5.56 Å². The molecule has 0 saturated carbocycles. The van der Waals surface area contributed by atoms with E-state index in [1.54, 1.807) is 12.1 Å². The van der Waals surface area contributed by atoms with Gasteiger partial charge in [-0.05, 0) is 11.6 Å². The van der Waals surface area contributed by atoms with Crippen LogP contribution in [0.15, 0.2) is 18.2 Å². The predicted molar refractivity (Wildman–Crippen MR) is 55.7 cm³/mol. The van der Waals surface area contributed by atoms with Crippen molar-refractivity contribution in [1.82, 2.24) is 0 Å². The van der Waals surface area contributed by atoms with Crippen LogP contribution in [0.2, 0.25) is 0 Å². The minimum atomic E-state index is -1.51. The number of aliphatic carboxylic acids is 1. The first-order valence-corrected chi connectivity index (χ1v) is 4.54. The second-order valence-corrected chi connectivity index (χ2v) is 3.06. The molecule has 0 saturated heterocycles. The molecular weight excluding hydrogens is 212 g/mol. The predicted octanol–water partition coefficient (Wildman–Crippen LogP) is 1.11. The molecule has 5 heteroatoms. The lowest BCUT2D eigenvalue weighted by atomic mass is 10.0. The molecule has 5 nitrogen and oxygen atoms in total. The van der Waals surface area contributed by atoms with Crippen LogP contribution < -0.4 is 4.74 Å². The van der Waals surface area contributed by atoms with Crippen molar-refractivity contribution in [3.05, 3.63) is 29.3 Å². The number of hydrogen-bond acceptors (Lipinski definition) is 4. The number of benzene rings is 1. The van der Waals surface area contributed by atoms with Crippen LogP contribution in [-0.4, -0.2) is 31.1 Å². The standard InChI is InChI=1S/C11H12O5/c1-15-6-7-4-3-5-8(16-2)9(7)10(12)11(13)14/h3-5H,6H2,1-2H3,(H,13,14). The minimum absolute atomic E-state index is 0.0411. The number of carboxylic acid groups (broad SMARTS) is 1. The van der Waals surface area contributed by atoms with Crippen LogP contribution in [0.1, 0.15) is 15.9 Å². The maximum atomic E-state index is 11.5. The molecule has 1 rings (SSSR count). The van der Waals surface area contributed by atoms with Gasteiger partial charge in [0.15, 0.2) is 0 Å². The summed E-state index contributed by atoms with van der Waals surface area (Å²) >= 11 is 0. The average molecular weight is 224 g/mol. The van der Waals surface area contributed by atoms with Gasteiger partial charge in [-0.25, -0.2) is 4.79 Å². The highest BCUT2D eigenvalue weighted by molar-refractivity contribution is 6.40. The fourth-order valence-corrected chi connectivity index (χ4v) is 1.39. The van der Waals surface area contributed by atoms with Crippen molar-refractivity contribution >= 4 is 11.8 Å². The number of rotatable bonds is 5. The van der Waals surface area contributed by atoms with E-state index in [1.807, 2.05) is 0 Å².